The summed E-state index contributed by atoms with van der Waals surface area (Å²) in [7, 11) is 1.54. The molecule has 0 aliphatic heterocycles. The van der Waals surface area contributed by atoms with Crippen molar-refractivity contribution in [3.05, 3.63) is 47.5 Å². The molecule has 2 aromatic rings. The summed E-state index contributed by atoms with van der Waals surface area (Å²) in [5.41, 5.74) is 7.01. The molecule has 6 heteroatoms. The summed E-state index contributed by atoms with van der Waals surface area (Å²) in [6.45, 7) is 0. The summed E-state index contributed by atoms with van der Waals surface area (Å²) in [5, 5.41) is 3.25. The Labute approximate surface area is 132 Å². The van der Waals surface area contributed by atoms with Crippen LogP contribution < -0.4 is 15.8 Å². The maximum Gasteiger partial charge on any atom is 0.234 e. The molecule has 0 unspecified atom stereocenters. The van der Waals surface area contributed by atoms with E-state index in [1.54, 1.807) is 25.3 Å². The van der Waals surface area contributed by atoms with E-state index in [-0.39, 0.29) is 5.91 Å². The molecule has 0 radical (unpaired) electrons. The van der Waals surface area contributed by atoms with Crippen LogP contribution in [0.4, 0.5) is 11.4 Å². The molecule has 2 rings (SSSR count). The zero-order valence-electron chi connectivity index (χ0n) is 11.4. The molecule has 110 valence electrons. The van der Waals surface area contributed by atoms with Crippen molar-refractivity contribution >= 4 is 40.6 Å². The second kappa shape index (κ2) is 7.24. The molecular weight excluding hydrogens is 308 g/mol. The lowest BCUT2D eigenvalue weighted by Gasteiger charge is -2.08. The van der Waals surface area contributed by atoms with Gasteiger partial charge in [0.05, 0.1) is 17.9 Å². The summed E-state index contributed by atoms with van der Waals surface area (Å²) in [5.74, 6) is 0.764. The average Bonchev–Trinajstić information content (AvgIpc) is 2.45. The Morgan fingerprint density at radius 2 is 2.14 bits per heavy atom. The number of hydrogen-bond acceptors (Lipinski definition) is 4. The van der Waals surface area contributed by atoms with Crippen molar-refractivity contribution in [2.24, 2.45) is 0 Å². The Balaban J connectivity index is 1.91. The Morgan fingerprint density at radius 3 is 2.81 bits per heavy atom. The fourth-order valence-corrected chi connectivity index (χ4v) is 2.72. The van der Waals surface area contributed by atoms with Crippen molar-refractivity contribution in [3.63, 3.8) is 0 Å². The maximum atomic E-state index is 11.9. The highest BCUT2D eigenvalue weighted by atomic mass is 35.5. The fourth-order valence-electron chi connectivity index (χ4n) is 1.69. The minimum Gasteiger partial charge on any atom is -0.495 e. The number of ether oxygens (including phenoxy) is 1. The van der Waals surface area contributed by atoms with Gasteiger partial charge in [0.25, 0.3) is 0 Å². The van der Waals surface area contributed by atoms with Gasteiger partial charge in [-0.1, -0.05) is 17.7 Å². The van der Waals surface area contributed by atoms with Gasteiger partial charge in [-0.2, -0.15) is 0 Å². The van der Waals surface area contributed by atoms with E-state index in [4.69, 9.17) is 22.1 Å². The van der Waals surface area contributed by atoms with Gasteiger partial charge in [-0.25, -0.2) is 0 Å². The number of halogens is 1. The van der Waals surface area contributed by atoms with Gasteiger partial charge in [-0.05, 0) is 36.4 Å². The van der Waals surface area contributed by atoms with Crippen LogP contribution in [0.1, 0.15) is 0 Å². The molecule has 0 heterocycles. The summed E-state index contributed by atoms with van der Waals surface area (Å²) in [6, 6.07) is 12.5. The number of methoxy groups -OCH3 is 1. The first kappa shape index (κ1) is 15.5. The van der Waals surface area contributed by atoms with Gasteiger partial charge in [-0.3, -0.25) is 4.79 Å². The molecule has 0 aromatic heterocycles. The fraction of sp³-hybridized carbons (Fsp3) is 0.133. The highest BCUT2D eigenvalue weighted by Gasteiger charge is 2.06. The predicted octanol–water partition coefficient (Wildman–Crippen LogP) is 3.66. The van der Waals surface area contributed by atoms with Crippen molar-refractivity contribution in [3.8, 4) is 5.75 Å². The first-order valence-corrected chi connectivity index (χ1v) is 7.56. The van der Waals surface area contributed by atoms with Gasteiger partial charge >= 0.3 is 0 Å². The third kappa shape index (κ3) is 4.58. The van der Waals surface area contributed by atoms with E-state index in [1.165, 1.54) is 11.8 Å². The van der Waals surface area contributed by atoms with Gasteiger partial charge in [0.2, 0.25) is 5.91 Å². The van der Waals surface area contributed by atoms with E-state index in [0.717, 1.165) is 4.90 Å². The second-order valence-electron chi connectivity index (χ2n) is 4.26. The SMILES string of the molecule is COc1ccc(NC(=O)CSc2cccc(N)c2)cc1Cl. The molecule has 3 N–H and O–H groups in total. The van der Waals surface area contributed by atoms with Crippen LogP contribution in [0, 0.1) is 0 Å². The number of hydrogen-bond donors (Lipinski definition) is 2. The molecule has 0 atom stereocenters. The number of nitrogens with two attached hydrogens (primary N) is 1. The Hall–Kier alpha value is -1.85. The zero-order chi connectivity index (χ0) is 15.2. The smallest absolute Gasteiger partial charge is 0.234 e. The van der Waals surface area contributed by atoms with Crippen LogP contribution >= 0.6 is 23.4 Å². The molecule has 0 fully saturated rings. The minimum absolute atomic E-state index is 0.108. The van der Waals surface area contributed by atoms with Crippen molar-refractivity contribution in [1.82, 2.24) is 0 Å². The largest absolute Gasteiger partial charge is 0.495 e. The van der Waals surface area contributed by atoms with E-state index in [9.17, 15) is 4.79 Å². The van der Waals surface area contributed by atoms with Crippen LogP contribution in [0.5, 0.6) is 5.75 Å². The lowest BCUT2D eigenvalue weighted by Crippen LogP contribution is -2.13. The molecule has 0 bridgehead atoms. The first-order valence-electron chi connectivity index (χ1n) is 6.20. The summed E-state index contributed by atoms with van der Waals surface area (Å²) >= 11 is 7.43. The van der Waals surface area contributed by atoms with E-state index in [2.05, 4.69) is 5.32 Å². The van der Waals surface area contributed by atoms with Crippen LogP contribution in [-0.2, 0) is 4.79 Å². The number of nitrogens with one attached hydrogen (secondary N) is 1. The predicted molar refractivity (Wildman–Crippen MR) is 88.2 cm³/mol. The highest BCUT2D eigenvalue weighted by molar-refractivity contribution is 8.00. The van der Waals surface area contributed by atoms with Gasteiger partial charge in [0.15, 0.2) is 0 Å². The zero-order valence-corrected chi connectivity index (χ0v) is 13.0. The number of thioether (sulfide) groups is 1. The molecule has 0 spiro atoms. The van der Waals surface area contributed by atoms with E-state index in [1.807, 2.05) is 24.3 Å². The molecule has 21 heavy (non-hydrogen) atoms. The topological polar surface area (TPSA) is 64.3 Å². The third-order valence-corrected chi connectivity index (χ3v) is 3.95. The van der Waals surface area contributed by atoms with Gasteiger partial charge < -0.3 is 15.8 Å². The standard InChI is InChI=1S/C15H15ClN2O2S/c1-20-14-6-5-11(8-13(14)16)18-15(19)9-21-12-4-2-3-10(17)7-12/h2-8H,9,17H2,1H3,(H,18,19). The molecule has 1 amide bonds. The molecule has 0 saturated carbocycles. The Morgan fingerprint density at radius 1 is 1.33 bits per heavy atom. The van der Waals surface area contributed by atoms with Crippen LogP contribution in [-0.4, -0.2) is 18.8 Å². The van der Waals surface area contributed by atoms with Crippen LogP contribution in [0.15, 0.2) is 47.4 Å². The quantitative estimate of drug-likeness (QED) is 0.651. The van der Waals surface area contributed by atoms with Gasteiger partial charge in [0.1, 0.15) is 5.75 Å². The summed E-state index contributed by atoms with van der Waals surface area (Å²) in [4.78, 5) is 12.9. The number of carbonyl (C=O) groups excluding carboxylic acids is 1. The summed E-state index contributed by atoms with van der Waals surface area (Å²) < 4.78 is 5.06. The van der Waals surface area contributed by atoms with Crippen LogP contribution in [0.25, 0.3) is 0 Å². The van der Waals surface area contributed by atoms with E-state index >= 15 is 0 Å². The lowest BCUT2D eigenvalue weighted by molar-refractivity contribution is -0.113. The number of rotatable bonds is 5. The molecule has 0 saturated heterocycles. The third-order valence-electron chi connectivity index (χ3n) is 2.66. The minimum atomic E-state index is -0.108. The van der Waals surface area contributed by atoms with Crippen molar-refractivity contribution in [2.45, 2.75) is 4.90 Å². The summed E-state index contributed by atoms with van der Waals surface area (Å²) in [6.07, 6.45) is 0. The Kier molecular flexibility index (Phi) is 5.36. The molecule has 0 aliphatic rings. The van der Waals surface area contributed by atoms with Gasteiger partial charge in [-0.15, -0.1) is 11.8 Å². The first-order chi connectivity index (χ1) is 10.1. The lowest BCUT2D eigenvalue weighted by atomic mass is 10.3. The molecule has 2 aromatic carbocycles. The average molecular weight is 323 g/mol. The number of anilines is 2. The van der Waals surface area contributed by atoms with Crippen LogP contribution in [0.2, 0.25) is 5.02 Å². The molecule has 0 aliphatic carbocycles. The number of nitrogen functional groups attached to an aromatic ring is 1. The molecule has 4 nitrogen and oxygen atoms in total. The van der Waals surface area contributed by atoms with Crippen molar-refractivity contribution < 1.29 is 9.53 Å². The number of carbonyl (C=O) groups is 1. The highest BCUT2D eigenvalue weighted by Crippen LogP contribution is 2.27. The maximum absolute atomic E-state index is 11.9. The van der Waals surface area contributed by atoms with Crippen molar-refractivity contribution in [1.29, 1.82) is 0 Å². The normalized spacial score (nSPS) is 10.2. The van der Waals surface area contributed by atoms with Gasteiger partial charge in [0, 0.05) is 16.3 Å². The number of benzene rings is 2. The van der Waals surface area contributed by atoms with E-state index in [0.29, 0.717) is 27.9 Å². The Bertz CT molecular complexity index is 649. The number of amides is 1. The monoisotopic (exact) mass is 322 g/mol. The van der Waals surface area contributed by atoms with E-state index < -0.39 is 0 Å². The molecular formula is C15H15ClN2O2S. The van der Waals surface area contributed by atoms with Crippen LogP contribution in [0.3, 0.4) is 0 Å². The second-order valence-corrected chi connectivity index (χ2v) is 5.71. The van der Waals surface area contributed by atoms with Crippen molar-refractivity contribution in [2.75, 3.05) is 23.9 Å².